The zero-order valence-corrected chi connectivity index (χ0v) is 10.1. The van der Waals surface area contributed by atoms with E-state index in [4.69, 9.17) is 0 Å². The Hall–Kier alpha value is -1.88. The highest BCUT2D eigenvalue weighted by Crippen LogP contribution is 2.30. The Morgan fingerprint density at radius 2 is 1.53 bits per heavy atom. The summed E-state index contributed by atoms with van der Waals surface area (Å²) in [6.45, 7) is 0.311. The molecule has 0 aromatic heterocycles. The second-order valence-corrected chi connectivity index (χ2v) is 4.08. The lowest BCUT2D eigenvalue weighted by molar-refractivity contribution is 0.547. The van der Waals surface area contributed by atoms with Crippen molar-refractivity contribution in [3.63, 3.8) is 0 Å². The molecule has 0 radical (unpaired) electrons. The van der Waals surface area contributed by atoms with Gasteiger partial charge in [0.05, 0.1) is 5.56 Å². The highest BCUT2D eigenvalue weighted by molar-refractivity contribution is 5.68. The van der Waals surface area contributed by atoms with E-state index in [0.29, 0.717) is 24.2 Å². The summed E-state index contributed by atoms with van der Waals surface area (Å²) < 4.78 is 53.6. The number of halogens is 4. The summed E-state index contributed by atoms with van der Waals surface area (Å²) in [6.07, 6.45) is 0. The Labute approximate surface area is 107 Å². The van der Waals surface area contributed by atoms with E-state index in [1.165, 1.54) is 12.1 Å². The first kappa shape index (κ1) is 13.5. The molecule has 19 heavy (non-hydrogen) atoms. The maximum atomic E-state index is 13.7. The van der Waals surface area contributed by atoms with Crippen LogP contribution in [0.2, 0.25) is 0 Å². The first-order valence-electron chi connectivity index (χ1n) is 5.61. The highest BCUT2D eigenvalue weighted by atomic mass is 19.1. The number of nitrogens with one attached hydrogen (secondary N) is 1. The lowest BCUT2D eigenvalue weighted by atomic mass is 9.98. The van der Waals surface area contributed by atoms with Crippen LogP contribution in [-0.2, 0) is 6.54 Å². The third-order valence-electron chi connectivity index (χ3n) is 2.72. The van der Waals surface area contributed by atoms with Crippen molar-refractivity contribution in [2.45, 2.75) is 6.54 Å². The largest absolute Gasteiger partial charge is 0.316 e. The van der Waals surface area contributed by atoms with Gasteiger partial charge in [-0.25, -0.2) is 17.6 Å². The van der Waals surface area contributed by atoms with Crippen LogP contribution < -0.4 is 5.32 Å². The minimum absolute atomic E-state index is 0.0735. The van der Waals surface area contributed by atoms with Crippen molar-refractivity contribution in [2.24, 2.45) is 0 Å². The molecule has 2 aromatic rings. The molecular formula is C14H11F4N. The van der Waals surface area contributed by atoms with Crippen molar-refractivity contribution in [3.8, 4) is 11.1 Å². The molecule has 0 atom stereocenters. The SMILES string of the molecule is CNCc1ccc(F)cc1-c1c(F)cc(F)cc1F. The molecule has 1 N–H and O–H groups in total. The summed E-state index contributed by atoms with van der Waals surface area (Å²) in [5.41, 5.74) is 0.170. The van der Waals surface area contributed by atoms with Gasteiger partial charge in [0.25, 0.3) is 0 Å². The van der Waals surface area contributed by atoms with E-state index in [1.807, 2.05) is 0 Å². The molecule has 0 bridgehead atoms. The molecule has 0 aliphatic carbocycles. The van der Waals surface area contributed by atoms with Crippen molar-refractivity contribution in [2.75, 3.05) is 7.05 Å². The summed E-state index contributed by atoms with van der Waals surface area (Å²) in [6, 6.07) is 4.82. The van der Waals surface area contributed by atoms with E-state index >= 15 is 0 Å². The molecule has 100 valence electrons. The van der Waals surface area contributed by atoms with Crippen LogP contribution in [0.4, 0.5) is 17.6 Å². The van der Waals surface area contributed by atoms with Gasteiger partial charge in [-0.05, 0) is 30.3 Å². The Morgan fingerprint density at radius 1 is 0.895 bits per heavy atom. The topological polar surface area (TPSA) is 12.0 Å². The molecule has 0 spiro atoms. The molecular weight excluding hydrogens is 258 g/mol. The number of hydrogen-bond acceptors (Lipinski definition) is 1. The number of hydrogen-bond donors (Lipinski definition) is 1. The molecule has 1 nitrogen and oxygen atoms in total. The average Bonchev–Trinajstić information content (AvgIpc) is 2.31. The van der Waals surface area contributed by atoms with Gasteiger partial charge in [0.15, 0.2) is 0 Å². The molecule has 0 unspecified atom stereocenters. The number of benzene rings is 2. The van der Waals surface area contributed by atoms with E-state index in [9.17, 15) is 17.6 Å². The van der Waals surface area contributed by atoms with Crippen molar-refractivity contribution < 1.29 is 17.6 Å². The molecule has 0 amide bonds. The lowest BCUT2D eigenvalue weighted by Crippen LogP contribution is -2.07. The van der Waals surface area contributed by atoms with Crippen LogP contribution in [-0.4, -0.2) is 7.05 Å². The van der Waals surface area contributed by atoms with E-state index in [2.05, 4.69) is 5.32 Å². The second-order valence-electron chi connectivity index (χ2n) is 4.08. The summed E-state index contributed by atoms with van der Waals surface area (Å²) in [5.74, 6) is -3.73. The number of rotatable bonds is 3. The van der Waals surface area contributed by atoms with Gasteiger partial charge in [0, 0.05) is 18.7 Å². The van der Waals surface area contributed by atoms with E-state index < -0.39 is 28.8 Å². The van der Waals surface area contributed by atoms with Crippen LogP contribution in [0.5, 0.6) is 0 Å². The summed E-state index contributed by atoms with van der Waals surface area (Å²) in [7, 11) is 1.66. The Bertz CT molecular complexity index is 587. The molecule has 0 saturated heterocycles. The predicted molar refractivity (Wildman–Crippen MR) is 64.5 cm³/mol. The van der Waals surface area contributed by atoms with Gasteiger partial charge < -0.3 is 5.32 Å². The molecule has 2 aromatic carbocycles. The van der Waals surface area contributed by atoms with Gasteiger partial charge in [-0.2, -0.15) is 0 Å². The zero-order chi connectivity index (χ0) is 14.0. The summed E-state index contributed by atoms with van der Waals surface area (Å²) in [4.78, 5) is 0. The molecule has 0 fully saturated rings. The first-order valence-corrected chi connectivity index (χ1v) is 5.61. The Balaban J connectivity index is 2.67. The van der Waals surface area contributed by atoms with Crippen LogP contribution in [0.1, 0.15) is 5.56 Å². The highest BCUT2D eigenvalue weighted by Gasteiger charge is 2.17. The quantitative estimate of drug-likeness (QED) is 0.839. The minimum Gasteiger partial charge on any atom is -0.316 e. The Kier molecular flexibility index (Phi) is 3.85. The van der Waals surface area contributed by atoms with Gasteiger partial charge in [-0.3, -0.25) is 0 Å². The second kappa shape index (κ2) is 5.40. The molecule has 0 saturated carbocycles. The first-order chi connectivity index (χ1) is 9.02. The zero-order valence-electron chi connectivity index (χ0n) is 10.1. The van der Waals surface area contributed by atoms with E-state index in [-0.39, 0.29) is 5.56 Å². The summed E-state index contributed by atoms with van der Waals surface area (Å²) in [5, 5.41) is 2.82. The third-order valence-corrected chi connectivity index (χ3v) is 2.72. The van der Waals surface area contributed by atoms with Gasteiger partial charge in [-0.15, -0.1) is 0 Å². The third kappa shape index (κ3) is 2.76. The van der Waals surface area contributed by atoms with Gasteiger partial charge in [0.2, 0.25) is 0 Å². The molecule has 0 aliphatic heterocycles. The van der Waals surface area contributed by atoms with E-state index in [0.717, 1.165) is 6.07 Å². The van der Waals surface area contributed by atoms with Crippen LogP contribution >= 0.6 is 0 Å². The maximum absolute atomic E-state index is 13.7. The average molecular weight is 269 g/mol. The van der Waals surface area contributed by atoms with Crippen molar-refractivity contribution in [3.05, 3.63) is 59.2 Å². The van der Waals surface area contributed by atoms with Gasteiger partial charge >= 0.3 is 0 Å². The molecule has 0 aliphatic rings. The maximum Gasteiger partial charge on any atom is 0.136 e. The molecule has 0 heterocycles. The summed E-state index contributed by atoms with van der Waals surface area (Å²) >= 11 is 0. The standard InChI is InChI=1S/C14H11F4N/c1-19-7-8-2-3-9(15)4-11(8)14-12(17)5-10(16)6-13(14)18/h2-6,19H,7H2,1H3. The van der Waals surface area contributed by atoms with Crippen molar-refractivity contribution in [1.29, 1.82) is 0 Å². The van der Waals surface area contributed by atoms with Gasteiger partial charge in [0.1, 0.15) is 23.3 Å². The fraction of sp³-hybridized carbons (Fsp3) is 0.143. The Morgan fingerprint density at radius 3 is 2.11 bits per heavy atom. The minimum atomic E-state index is -1.06. The normalized spacial score (nSPS) is 10.8. The molecule has 2 rings (SSSR count). The van der Waals surface area contributed by atoms with Crippen LogP contribution in [0.25, 0.3) is 11.1 Å². The molecule has 5 heteroatoms. The predicted octanol–water partition coefficient (Wildman–Crippen LogP) is 3.63. The van der Waals surface area contributed by atoms with Crippen LogP contribution in [0.15, 0.2) is 30.3 Å². The lowest BCUT2D eigenvalue weighted by Gasteiger charge is -2.11. The van der Waals surface area contributed by atoms with E-state index in [1.54, 1.807) is 7.05 Å². The smallest absolute Gasteiger partial charge is 0.136 e. The van der Waals surface area contributed by atoms with Crippen molar-refractivity contribution in [1.82, 2.24) is 5.32 Å². The fourth-order valence-corrected chi connectivity index (χ4v) is 1.93. The fourth-order valence-electron chi connectivity index (χ4n) is 1.93. The van der Waals surface area contributed by atoms with Crippen LogP contribution in [0, 0.1) is 23.3 Å². The monoisotopic (exact) mass is 269 g/mol. The van der Waals surface area contributed by atoms with Crippen LogP contribution in [0.3, 0.4) is 0 Å². The van der Waals surface area contributed by atoms with Gasteiger partial charge in [-0.1, -0.05) is 6.07 Å². The van der Waals surface area contributed by atoms with Crippen molar-refractivity contribution >= 4 is 0 Å².